The molecule has 1 aliphatic carbocycles. The average molecular weight is 226 g/mol. The number of hydrogen-bond donors (Lipinski definition) is 3. The van der Waals surface area contributed by atoms with Gasteiger partial charge in [-0.15, -0.1) is 12.6 Å². The van der Waals surface area contributed by atoms with E-state index in [1.54, 1.807) is 0 Å². The Morgan fingerprint density at radius 2 is 2.27 bits per heavy atom. The minimum Gasteiger partial charge on any atom is -0.346 e. The van der Waals surface area contributed by atoms with Crippen LogP contribution in [0.3, 0.4) is 0 Å². The molecule has 0 spiro atoms. The molecule has 0 radical (unpaired) electrons. The summed E-state index contributed by atoms with van der Waals surface area (Å²) in [5.74, 6) is 1.06. The van der Waals surface area contributed by atoms with Crippen LogP contribution in [0.2, 0.25) is 0 Å². The smallest absolute Gasteiger partial charge is 0.129 e. The SMILES string of the molecule is CCn1nc2c(c1NC(N)S)CCCC2. The Balaban J connectivity index is 2.35. The topological polar surface area (TPSA) is 55.9 Å². The van der Waals surface area contributed by atoms with E-state index in [4.69, 9.17) is 5.73 Å². The molecule has 15 heavy (non-hydrogen) atoms. The predicted octanol–water partition coefficient (Wildman–Crippen LogP) is 1.37. The van der Waals surface area contributed by atoms with Gasteiger partial charge in [-0.25, -0.2) is 4.68 Å². The van der Waals surface area contributed by atoms with E-state index in [1.165, 1.54) is 24.1 Å². The van der Waals surface area contributed by atoms with Gasteiger partial charge < -0.3 is 11.1 Å². The van der Waals surface area contributed by atoms with E-state index in [0.29, 0.717) is 0 Å². The zero-order valence-electron chi connectivity index (χ0n) is 9.03. The van der Waals surface area contributed by atoms with Crippen LogP contribution < -0.4 is 11.1 Å². The summed E-state index contributed by atoms with van der Waals surface area (Å²) in [5.41, 5.74) is 7.91. The zero-order chi connectivity index (χ0) is 10.8. The fraction of sp³-hybridized carbons (Fsp3) is 0.700. The molecule has 84 valence electrons. The van der Waals surface area contributed by atoms with E-state index in [1.807, 2.05) is 4.68 Å². The molecule has 1 aliphatic rings. The third-order valence-corrected chi connectivity index (χ3v) is 2.94. The van der Waals surface area contributed by atoms with Crippen molar-refractivity contribution in [3.8, 4) is 0 Å². The van der Waals surface area contributed by atoms with Crippen LogP contribution in [0.5, 0.6) is 0 Å². The highest BCUT2D eigenvalue weighted by Crippen LogP contribution is 2.28. The van der Waals surface area contributed by atoms with E-state index in [2.05, 4.69) is 30.0 Å². The molecule has 0 bridgehead atoms. The van der Waals surface area contributed by atoms with Crippen LogP contribution in [0.25, 0.3) is 0 Å². The molecular formula is C10H18N4S. The lowest BCUT2D eigenvalue weighted by Crippen LogP contribution is -2.25. The zero-order valence-corrected chi connectivity index (χ0v) is 9.93. The standard InChI is InChI=1S/C10H18N4S/c1-2-14-9(12-10(11)15)7-5-3-4-6-8(7)13-14/h10,12,15H,2-6,11H2,1H3. The van der Waals surface area contributed by atoms with Crippen molar-refractivity contribution < 1.29 is 0 Å². The molecule has 1 aromatic rings. The third-order valence-electron chi connectivity index (χ3n) is 2.81. The van der Waals surface area contributed by atoms with Crippen molar-refractivity contribution in [2.45, 2.75) is 44.6 Å². The minimum atomic E-state index is -0.321. The number of nitrogens with zero attached hydrogens (tertiary/aromatic N) is 2. The van der Waals surface area contributed by atoms with Crippen LogP contribution in [0, 0.1) is 0 Å². The molecule has 0 amide bonds. The molecule has 0 aliphatic heterocycles. The van der Waals surface area contributed by atoms with Crippen LogP contribution in [0.15, 0.2) is 0 Å². The second-order valence-electron chi connectivity index (χ2n) is 3.89. The Kier molecular flexibility index (Phi) is 3.21. The summed E-state index contributed by atoms with van der Waals surface area (Å²) in [7, 11) is 0. The number of nitrogens with two attached hydrogens (primary N) is 1. The van der Waals surface area contributed by atoms with Crippen molar-refractivity contribution in [3.63, 3.8) is 0 Å². The van der Waals surface area contributed by atoms with Crippen molar-refractivity contribution in [2.24, 2.45) is 5.73 Å². The monoisotopic (exact) mass is 226 g/mol. The van der Waals surface area contributed by atoms with Crippen LogP contribution in [-0.4, -0.2) is 15.3 Å². The molecule has 0 aromatic carbocycles. The van der Waals surface area contributed by atoms with E-state index in [-0.39, 0.29) is 5.50 Å². The largest absolute Gasteiger partial charge is 0.346 e. The van der Waals surface area contributed by atoms with Crippen molar-refractivity contribution in [1.29, 1.82) is 0 Å². The van der Waals surface area contributed by atoms with E-state index in [0.717, 1.165) is 25.2 Å². The van der Waals surface area contributed by atoms with Gasteiger partial charge in [-0.3, -0.25) is 0 Å². The van der Waals surface area contributed by atoms with E-state index < -0.39 is 0 Å². The molecule has 0 fully saturated rings. The first-order valence-electron chi connectivity index (χ1n) is 5.51. The first-order valence-corrected chi connectivity index (χ1v) is 6.02. The maximum Gasteiger partial charge on any atom is 0.129 e. The molecule has 2 rings (SSSR count). The normalized spacial score (nSPS) is 17.3. The van der Waals surface area contributed by atoms with Gasteiger partial charge in [0.15, 0.2) is 0 Å². The maximum absolute atomic E-state index is 5.65. The Bertz CT molecular complexity index is 345. The molecule has 4 nitrogen and oxygen atoms in total. The van der Waals surface area contributed by atoms with Gasteiger partial charge in [0, 0.05) is 12.1 Å². The van der Waals surface area contributed by atoms with Gasteiger partial charge in [-0.05, 0) is 32.6 Å². The second-order valence-corrected chi connectivity index (χ2v) is 4.44. The van der Waals surface area contributed by atoms with Gasteiger partial charge in [0.1, 0.15) is 11.3 Å². The number of aryl methyl sites for hydroxylation is 2. The average Bonchev–Trinajstić information content (AvgIpc) is 2.56. The first-order chi connectivity index (χ1) is 7.22. The number of fused-ring (bicyclic) bond motifs is 1. The van der Waals surface area contributed by atoms with Crippen LogP contribution in [0.1, 0.15) is 31.0 Å². The van der Waals surface area contributed by atoms with Crippen molar-refractivity contribution >= 4 is 18.4 Å². The Morgan fingerprint density at radius 3 is 2.93 bits per heavy atom. The number of hydrogen-bond acceptors (Lipinski definition) is 4. The quantitative estimate of drug-likeness (QED) is 0.539. The molecular weight excluding hydrogens is 208 g/mol. The third kappa shape index (κ3) is 2.13. The van der Waals surface area contributed by atoms with Gasteiger partial charge in [0.25, 0.3) is 0 Å². The molecule has 0 saturated heterocycles. The van der Waals surface area contributed by atoms with Gasteiger partial charge in [-0.1, -0.05) is 0 Å². The molecule has 1 heterocycles. The van der Waals surface area contributed by atoms with Crippen LogP contribution in [-0.2, 0) is 19.4 Å². The molecule has 0 saturated carbocycles. The molecule has 1 atom stereocenters. The summed E-state index contributed by atoms with van der Waals surface area (Å²) < 4.78 is 1.99. The lowest BCUT2D eigenvalue weighted by Gasteiger charge is -2.15. The Morgan fingerprint density at radius 1 is 1.53 bits per heavy atom. The van der Waals surface area contributed by atoms with Gasteiger partial charge in [0.2, 0.25) is 0 Å². The highest BCUT2D eigenvalue weighted by atomic mass is 32.1. The summed E-state index contributed by atoms with van der Waals surface area (Å²) in [4.78, 5) is 0. The minimum absolute atomic E-state index is 0.321. The highest BCUT2D eigenvalue weighted by molar-refractivity contribution is 7.81. The van der Waals surface area contributed by atoms with Crippen molar-refractivity contribution in [1.82, 2.24) is 9.78 Å². The Hall–Kier alpha value is -0.680. The van der Waals surface area contributed by atoms with E-state index in [9.17, 15) is 0 Å². The maximum atomic E-state index is 5.65. The molecule has 1 unspecified atom stereocenters. The number of thiol groups is 1. The summed E-state index contributed by atoms with van der Waals surface area (Å²) in [5, 5.41) is 7.76. The number of rotatable bonds is 3. The summed E-state index contributed by atoms with van der Waals surface area (Å²) in [6, 6.07) is 0. The van der Waals surface area contributed by atoms with Crippen LogP contribution in [0.4, 0.5) is 5.82 Å². The summed E-state index contributed by atoms with van der Waals surface area (Å²) in [6.07, 6.45) is 4.70. The van der Waals surface area contributed by atoms with E-state index >= 15 is 0 Å². The van der Waals surface area contributed by atoms with Gasteiger partial charge in [0.05, 0.1) is 5.69 Å². The first kappa shape index (κ1) is 10.8. The second kappa shape index (κ2) is 4.45. The lowest BCUT2D eigenvalue weighted by molar-refractivity contribution is 0.633. The van der Waals surface area contributed by atoms with Gasteiger partial charge >= 0.3 is 0 Å². The predicted molar refractivity (Wildman–Crippen MR) is 65.1 cm³/mol. The fourth-order valence-electron chi connectivity index (χ4n) is 2.14. The molecule has 3 N–H and O–H groups in total. The highest BCUT2D eigenvalue weighted by Gasteiger charge is 2.20. The van der Waals surface area contributed by atoms with Crippen molar-refractivity contribution in [2.75, 3.05) is 5.32 Å². The summed E-state index contributed by atoms with van der Waals surface area (Å²) in [6.45, 7) is 2.96. The summed E-state index contributed by atoms with van der Waals surface area (Å²) >= 11 is 4.16. The number of nitrogens with one attached hydrogen (secondary N) is 1. The van der Waals surface area contributed by atoms with Gasteiger partial charge in [-0.2, -0.15) is 5.10 Å². The fourth-order valence-corrected chi connectivity index (χ4v) is 2.26. The molecule has 1 aromatic heterocycles. The number of anilines is 1. The van der Waals surface area contributed by atoms with Crippen LogP contribution >= 0.6 is 12.6 Å². The lowest BCUT2D eigenvalue weighted by atomic mass is 9.97. The van der Waals surface area contributed by atoms with Crippen molar-refractivity contribution in [3.05, 3.63) is 11.3 Å². The Labute approximate surface area is 95.6 Å². The molecule has 5 heteroatoms. The number of aromatic nitrogens is 2.